The number of amides is 2. The summed E-state index contributed by atoms with van der Waals surface area (Å²) in [6.45, 7) is 3.11. The second-order valence-electron chi connectivity index (χ2n) is 9.62. The molecule has 0 aromatic heterocycles. The predicted molar refractivity (Wildman–Crippen MR) is 167 cm³/mol. The molecular weight excluding hydrogens is 628 g/mol. The van der Waals surface area contributed by atoms with Crippen molar-refractivity contribution in [2.45, 2.75) is 45.3 Å². The molecule has 3 aromatic rings. The van der Waals surface area contributed by atoms with E-state index >= 15 is 0 Å². The van der Waals surface area contributed by atoms with Crippen LogP contribution in [0.2, 0.25) is 20.1 Å². The number of carbonyl (C=O) groups excluding carboxylic acids is 2. The number of sulfonamides is 1. The van der Waals surface area contributed by atoms with E-state index in [9.17, 15) is 18.0 Å². The van der Waals surface area contributed by atoms with Gasteiger partial charge in [-0.2, -0.15) is 0 Å². The SMILES string of the molecule is CC[C@@H](C)NC(=O)[C@@H](Cc1ccccc1)N(Cc1ccccc1Cl)C(=O)CN(c1cc(Cl)c(Cl)cc1Cl)S(C)(=O)=O. The number of carbonyl (C=O) groups is 2. The first-order chi connectivity index (χ1) is 19.3. The molecule has 0 aliphatic rings. The summed E-state index contributed by atoms with van der Waals surface area (Å²) in [4.78, 5) is 29.2. The molecule has 2 amide bonds. The van der Waals surface area contributed by atoms with Crippen molar-refractivity contribution in [3.05, 3.63) is 97.9 Å². The molecule has 7 nitrogen and oxygen atoms in total. The topological polar surface area (TPSA) is 86.8 Å². The Kier molecular flexibility index (Phi) is 11.8. The smallest absolute Gasteiger partial charge is 0.244 e. The van der Waals surface area contributed by atoms with Gasteiger partial charge in [0.25, 0.3) is 0 Å². The van der Waals surface area contributed by atoms with Crippen molar-refractivity contribution >= 4 is 73.9 Å². The average molecular weight is 659 g/mol. The summed E-state index contributed by atoms with van der Waals surface area (Å²) in [7, 11) is -4.03. The number of benzene rings is 3. The van der Waals surface area contributed by atoms with Crippen LogP contribution < -0.4 is 9.62 Å². The number of nitrogens with one attached hydrogen (secondary N) is 1. The third-order valence-electron chi connectivity index (χ3n) is 6.51. The van der Waals surface area contributed by atoms with Crippen molar-refractivity contribution in [1.82, 2.24) is 10.2 Å². The summed E-state index contributed by atoms with van der Waals surface area (Å²) in [6, 6.07) is 17.7. The van der Waals surface area contributed by atoms with Crippen LogP contribution in [0.1, 0.15) is 31.4 Å². The highest BCUT2D eigenvalue weighted by molar-refractivity contribution is 7.92. The zero-order chi connectivity index (χ0) is 30.3. The monoisotopic (exact) mass is 657 g/mol. The molecule has 3 aromatic carbocycles. The van der Waals surface area contributed by atoms with E-state index in [0.29, 0.717) is 17.0 Å². The summed E-state index contributed by atoms with van der Waals surface area (Å²) in [5.74, 6) is -1.01. The van der Waals surface area contributed by atoms with Crippen LogP contribution in [0.15, 0.2) is 66.7 Å². The van der Waals surface area contributed by atoms with Crippen LogP contribution in [-0.2, 0) is 32.6 Å². The number of hydrogen-bond acceptors (Lipinski definition) is 4. The Bertz CT molecular complexity index is 1490. The maximum absolute atomic E-state index is 14.1. The van der Waals surface area contributed by atoms with Gasteiger partial charge in [-0.3, -0.25) is 13.9 Å². The van der Waals surface area contributed by atoms with Gasteiger partial charge < -0.3 is 10.2 Å². The van der Waals surface area contributed by atoms with Crippen LogP contribution in [0, 0.1) is 0 Å². The van der Waals surface area contributed by atoms with Gasteiger partial charge in [0.2, 0.25) is 21.8 Å². The molecule has 0 bridgehead atoms. The molecule has 0 unspecified atom stereocenters. The molecule has 0 saturated carbocycles. The molecule has 0 aliphatic carbocycles. The summed E-state index contributed by atoms with van der Waals surface area (Å²) < 4.78 is 26.8. The fraction of sp³-hybridized carbons (Fsp3) is 0.310. The standard InChI is InChI=1S/C29H31Cl4N3O4S/c1-4-19(2)34-29(38)27(14-20-10-6-5-7-11-20)35(17-21-12-8-9-13-22(21)30)28(37)18-36(41(3,39)40)26-16-24(32)23(31)15-25(26)33/h5-13,15-16,19,27H,4,14,17-18H2,1-3H3,(H,34,38)/t19-,27-/m1/s1. The van der Waals surface area contributed by atoms with Gasteiger partial charge in [0.1, 0.15) is 12.6 Å². The molecule has 1 N–H and O–H groups in total. The van der Waals surface area contributed by atoms with E-state index in [1.165, 1.54) is 17.0 Å². The Morgan fingerprint density at radius 3 is 2.10 bits per heavy atom. The minimum absolute atomic E-state index is 0.00868. The first-order valence-electron chi connectivity index (χ1n) is 12.8. The fourth-order valence-electron chi connectivity index (χ4n) is 4.10. The van der Waals surface area contributed by atoms with Crippen LogP contribution in [0.4, 0.5) is 5.69 Å². The van der Waals surface area contributed by atoms with E-state index in [0.717, 1.165) is 16.1 Å². The van der Waals surface area contributed by atoms with Gasteiger partial charge in [0, 0.05) is 24.0 Å². The lowest BCUT2D eigenvalue weighted by Gasteiger charge is -2.34. The van der Waals surface area contributed by atoms with Crippen LogP contribution in [0.3, 0.4) is 0 Å². The molecule has 0 fully saturated rings. The van der Waals surface area contributed by atoms with Gasteiger partial charge in [0.05, 0.1) is 27.0 Å². The van der Waals surface area contributed by atoms with Crippen molar-refractivity contribution in [3.63, 3.8) is 0 Å². The van der Waals surface area contributed by atoms with E-state index in [2.05, 4.69) is 5.32 Å². The van der Waals surface area contributed by atoms with E-state index in [1.54, 1.807) is 24.3 Å². The van der Waals surface area contributed by atoms with E-state index in [4.69, 9.17) is 46.4 Å². The van der Waals surface area contributed by atoms with Gasteiger partial charge in [-0.15, -0.1) is 0 Å². The second kappa shape index (κ2) is 14.6. The quantitative estimate of drug-likeness (QED) is 0.222. The largest absolute Gasteiger partial charge is 0.352 e. The number of anilines is 1. The Labute approximate surface area is 261 Å². The lowest BCUT2D eigenvalue weighted by atomic mass is 10.0. The number of nitrogens with zero attached hydrogens (tertiary/aromatic N) is 2. The lowest BCUT2D eigenvalue weighted by Crippen LogP contribution is -2.54. The van der Waals surface area contributed by atoms with E-state index in [1.807, 2.05) is 44.2 Å². The maximum Gasteiger partial charge on any atom is 0.244 e. The normalized spacial score (nSPS) is 12.9. The molecule has 3 rings (SSSR count). The van der Waals surface area contributed by atoms with Gasteiger partial charge >= 0.3 is 0 Å². The van der Waals surface area contributed by atoms with Gasteiger partial charge in [-0.1, -0.05) is 102 Å². The molecule has 0 saturated heterocycles. The third kappa shape index (κ3) is 9.00. The molecule has 220 valence electrons. The van der Waals surface area contributed by atoms with Crippen molar-refractivity contribution in [3.8, 4) is 0 Å². The summed E-state index contributed by atoms with van der Waals surface area (Å²) in [6.07, 6.45) is 1.82. The van der Waals surface area contributed by atoms with Crippen molar-refractivity contribution in [2.24, 2.45) is 0 Å². The van der Waals surface area contributed by atoms with E-state index < -0.39 is 28.5 Å². The average Bonchev–Trinajstić information content (AvgIpc) is 2.92. The fourth-order valence-corrected chi connectivity index (χ4v) is 5.85. The summed E-state index contributed by atoms with van der Waals surface area (Å²) in [5.41, 5.74) is 1.40. The summed E-state index contributed by atoms with van der Waals surface area (Å²) >= 11 is 25.0. The summed E-state index contributed by atoms with van der Waals surface area (Å²) in [5, 5.41) is 3.56. The zero-order valence-electron chi connectivity index (χ0n) is 22.8. The Morgan fingerprint density at radius 2 is 1.49 bits per heavy atom. The first kappa shape index (κ1) is 33.0. The predicted octanol–water partition coefficient (Wildman–Crippen LogP) is 6.62. The third-order valence-corrected chi connectivity index (χ3v) is 9.03. The highest BCUT2D eigenvalue weighted by Crippen LogP contribution is 2.36. The molecule has 2 atom stereocenters. The van der Waals surface area contributed by atoms with E-state index in [-0.39, 0.29) is 45.7 Å². The molecule has 0 radical (unpaired) electrons. The number of rotatable bonds is 12. The molecule has 12 heteroatoms. The lowest BCUT2D eigenvalue weighted by molar-refractivity contribution is -0.140. The Hall–Kier alpha value is -2.49. The van der Waals surface area contributed by atoms with Crippen molar-refractivity contribution in [1.29, 1.82) is 0 Å². The molecule has 0 heterocycles. The Morgan fingerprint density at radius 1 is 0.878 bits per heavy atom. The Balaban J connectivity index is 2.11. The van der Waals surface area contributed by atoms with Gasteiger partial charge in [0.15, 0.2) is 0 Å². The maximum atomic E-state index is 14.1. The number of halogens is 4. The highest BCUT2D eigenvalue weighted by atomic mass is 35.5. The molecular formula is C29H31Cl4N3O4S. The van der Waals surface area contributed by atoms with Gasteiger partial charge in [-0.05, 0) is 42.7 Å². The van der Waals surface area contributed by atoms with Gasteiger partial charge in [-0.25, -0.2) is 8.42 Å². The minimum Gasteiger partial charge on any atom is -0.352 e. The van der Waals surface area contributed by atoms with Crippen LogP contribution >= 0.6 is 46.4 Å². The second-order valence-corrected chi connectivity index (χ2v) is 13.2. The highest BCUT2D eigenvalue weighted by Gasteiger charge is 2.34. The molecule has 41 heavy (non-hydrogen) atoms. The van der Waals surface area contributed by atoms with Crippen LogP contribution in [0.25, 0.3) is 0 Å². The van der Waals surface area contributed by atoms with Crippen LogP contribution in [-0.4, -0.2) is 50.0 Å². The first-order valence-corrected chi connectivity index (χ1v) is 16.2. The minimum atomic E-state index is -4.03. The van der Waals surface area contributed by atoms with Crippen molar-refractivity contribution < 1.29 is 18.0 Å². The van der Waals surface area contributed by atoms with Crippen molar-refractivity contribution in [2.75, 3.05) is 17.1 Å². The number of hydrogen-bond donors (Lipinski definition) is 1. The molecule has 0 aliphatic heterocycles. The van der Waals surface area contributed by atoms with Crippen LogP contribution in [0.5, 0.6) is 0 Å². The molecule has 0 spiro atoms. The zero-order valence-corrected chi connectivity index (χ0v) is 26.6.